The Morgan fingerprint density at radius 2 is 0.723 bits per heavy atom. The third kappa shape index (κ3) is 12.8. The number of hydrogen-bond donors (Lipinski definition) is 0. The number of ketones is 2. The van der Waals surface area contributed by atoms with E-state index in [1.54, 1.807) is 24.3 Å². The van der Waals surface area contributed by atoms with E-state index in [2.05, 4.69) is 59.1 Å². The van der Waals surface area contributed by atoms with E-state index in [1.807, 2.05) is 67.6 Å². The summed E-state index contributed by atoms with van der Waals surface area (Å²) in [6, 6.07) is 50.0. The zero-order chi connectivity index (χ0) is 67.3. The number of aryl methyl sites for hydroxylation is 1. The van der Waals surface area contributed by atoms with E-state index in [1.165, 1.54) is 104 Å². The van der Waals surface area contributed by atoms with Gasteiger partial charge >= 0.3 is 0 Å². The highest BCUT2D eigenvalue weighted by atomic mass is 28.4. The number of rotatable bonds is 20. The van der Waals surface area contributed by atoms with Crippen LogP contribution in [0.3, 0.4) is 0 Å². The van der Waals surface area contributed by atoms with Crippen molar-refractivity contribution in [1.82, 2.24) is 14.7 Å². The van der Waals surface area contributed by atoms with Gasteiger partial charge in [0, 0.05) is 48.3 Å². The molecule has 0 aromatic heterocycles. The molecule has 476 valence electrons. The summed E-state index contributed by atoms with van der Waals surface area (Å²) in [5, 5.41) is 0. The summed E-state index contributed by atoms with van der Waals surface area (Å²) in [7, 11) is -0.906. The first-order chi connectivity index (χ1) is 44.6. The highest BCUT2D eigenvalue weighted by Crippen LogP contribution is 2.38. The number of amides is 8. The van der Waals surface area contributed by atoms with Crippen LogP contribution in [0.1, 0.15) is 171 Å². The summed E-state index contributed by atoms with van der Waals surface area (Å²) in [5.41, 5.74) is 5.88. The van der Waals surface area contributed by atoms with Crippen LogP contribution in [0.15, 0.2) is 170 Å². The summed E-state index contributed by atoms with van der Waals surface area (Å²) in [6.45, 7) is 17.8. The number of fused-ring (bicyclic) bond motifs is 4. The molecule has 0 unspecified atom stereocenters. The van der Waals surface area contributed by atoms with Crippen molar-refractivity contribution in [3.05, 3.63) is 253 Å². The van der Waals surface area contributed by atoms with E-state index >= 15 is 0 Å². The summed E-state index contributed by atoms with van der Waals surface area (Å²) in [6.07, 6.45) is 3.00. The van der Waals surface area contributed by atoms with Crippen LogP contribution in [0.5, 0.6) is 23.0 Å². The van der Waals surface area contributed by atoms with Crippen molar-refractivity contribution < 1.29 is 61.5 Å². The molecular formula is C75H70N4O13Si2. The normalized spacial score (nSPS) is 14.3. The molecule has 0 radical (unpaired) electrons. The first kappa shape index (κ1) is 65.2. The Morgan fingerprint density at radius 1 is 0.404 bits per heavy atom. The number of ether oxygens (including phenoxy) is 2. The van der Waals surface area contributed by atoms with Crippen LogP contribution < -0.4 is 14.4 Å². The molecule has 4 aliphatic heterocycles. The van der Waals surface area contributed by atoms with Crippen LogP contribution in [-0.4, -0.2) is 111 Å². The molecule has 0 saturated carbocycles. The maximum atomic E-state index is 13.5. The van der Waals surface area contributed by atoms with Crippen molar-refractivity contribution in [3.8, 4) is 23.0 Å². The van der Waals surface area contributed by atoms with Crippen molar-refractivity contribution in [3.63, 3.8) is 0 Å². The maximum absolute atomic E-state index is 13.5. The van der Waals surface area contributed by atoms with Gasteiger partial charge in [0.1, 0.15) is 23.0 Å². The van der Waals surface area contributed by atoms with Crippen LogP contribution in [0.2, 0.25) is 38.3 Å². The van der Waals surface area contributed by atoms with E-state index in [-0.39, 0.29) is 78.1 Å². The average Bonchev–Trinajstić information content (AvgIpc) is 1.61. The molecule has 0 fully saturated rings. The van der Waals surface area contributed by atoms with E-state index < -0.39 is 69.6 Å². The highest BCUT2D eigenvalue weighted by Gasteiger charge is 2.41. The predicted molar refractivity (Wildman–Crippen MR) is 360 cm³/mol. The third-order valence-electron chi connectivity index (χ3n) is 17.7. The van der Waals surface area contributed by atoms with Crippen LogP contribution in [0.4, 0.5) is 5.69 Å². The highest BCUT2D eigenvalue weighted by molar-refractivity contribution is 6.84. The molecule has 17 nitrogen and oxygen atoms in total. The zero-order valence-corrected chi connectivity index (χ0v) is 56.0. The Kier molecular flexibility index (Phi) is 17.8. The third-order valence-corrected chi connectivity index (χ3v) is 25.2. The molecule has 12 rings (SSSR count). The first-order valence-electron chi connectivity index (χ1n) is 31.1. The van der Waals surface area contributed by atoms with Gasteiger partial charge in [-0.2, -0.15) is 0 Å². The van der Waals surface area contributed by atoms with Gasteiger partial charge in [-0.05, 0) is 172 Å². The van der Waals surface area contributed by atoms with E-state index in [0.717, 1.165) is 55.8 Å². The lowest BCUT2D eigenvalue weighted by Crippen LogP contribution is -2.44. The minimum absolute atomic E-state index is 0.0952. The largest absolute Gasteiger partial charge is 0.457 e. The Bertz CT molecular complexity index is 4480. The molecule has 0 N–H and O–H groups in total. The zero-order valence-electron chi connectivity index (χ0n) is 54.0. The SMILES string of the molecule is CCCC[Si](C)(C)O[Si](C)(C)CCCN1C(=O)c2ccc(C(=O)c3ccc4c(c3)C(=O)N(C)C4=O)cc2C1=O.Cc1ccc(Oc2ccc(C(C)(C)c3ccc(Oc4ccc(N5C(=O)c6ccc(C(=O)c7ccc8c(c7)C(=O)N(C)C8=O)cc6C5=O)cc4)cc3)cc2)cc1. The summed E-state index contributed by atoms with van der Waals surface area (Å²) < 4.78 is 18.8. The lowest BCUT2D eigenvalue weighted by Gasteiger charge is -2.34. The molecular weight excluding hydrogens is 1220 g/mol. The van der Waals surface area contributed by atoms with Crippen LogP contribution in [0.25, 0.3) is 0 Å². The van der Waals surface area contributed by atoms with Gasteiger partial charge in [-0.3, -0.25) is 62.6 Å². The van der Waals surface area contributed by atoms with Crippen LogP contribution in [-0.2, 0) is 9.53 Å². The minimum Gasteiger partial charge on any atom is -0.457 e. The lowest BCUT2D eigenvalue weighted by molar-refractivity contribution is 0.0646. The number of unbranched alkanes of at least 4 members (excludes halogenated alkanes) is 1. The Hall–Kier alpha value is -10.3. The standard InChI is InChI=1S/C46H34N2O7.C29H36N2O6Si2/c1-27-5-15-33(16-6-27)54-34-17-9-30(10-18-34)46(2,3)31-11-19-35(20-12-31)55-36-21-13-32(14-22-36)48-44(52)38-24-8-29(26-40(38)45(48)53)41(49)28-7-23-37-39(25-28)43(51)47(4)42(37)50;1-7-8-15-38(3,4)37-39(5,6)16-9-14-31-28(35)22-13-11-20(18-24(22)29(31)36)25(32)19-10-12-21-23(17-19)27(34)30(2)26(21)33/h5-26H,1-4H3;10-13,17-18H,7-9,14-16H2,1-6H3. The van der Waals surface area contributed by atoms with Crippen LogP contribution in [0, 0.1) is 6.92 Å². The molecule has 19 heteroatoms. The summed E-state index contributed by atoms with van der Waals surface area (Å²) in [4.78, 5) is 133. The lowest BCUT2D eigenvalue weighted by atomic mass is 9.78. The van der Waals surface area contributed by atoms with Crippen LogP contribution >= 0.6 is 0 Å². The number of imide groups is 4. The minimum atomic E-state index is -1.95. The monoisotopic (exact) mass is 1290 g/mol. The van der Waals surface area contributed by atoms with Gasteiger partial charge in [-0.15, -0.1) is 0 Å². The molecule has 4 aliphatic rings. The Labute approximate surface area is 547 Å². The van der Waals surface area contributed by atoms with Gasteiger partial charge in [0.15, 0.2) is 28.2 Å². The van der Waals surface area contributed by atoms with Gasteiger partial charge < -0.3 is 13.6 Å². The van der Waals surface area contributed by atoms with Crippen molar-refractivity contribution >= 4 is 81.1 Å². The quantitative estimate of drug-likeness (QED) is 0.0395. The van der Waals surface area contributed by atoms with Crippen molar-refractivity contribution in [1.29, 1.82) is 0 Å². The molecule has 8 aromatic rings. The fraction of sp³-hybridized carbons (Fsp3) is 0.227. The number of benzene rings is 8. The second-order valence-corrected chi connectivity index (χ2v) is 34.6. The van der Waals surface area contributed by atoms with E-state index in [4.69, 9.17) is 13.6 Å². The Balaban J connectivity index is 0.000000204. The summed E-state index contributed by atoms with van der Waals surface area (Å²) >= 11 is 0. The van der Waals surface area contributed by atoms with Crippen molar-refractivity contribution in [2.45, 2.75) is 90.6 Å². The second kappa shape index (κ2) is 25.6. The number of hydrogen-bond acceptors (Lipinski definition) is 13. The molecule has 94 heavy (non-hydrogen) atoms. The number of carbonyl (C=O) groups excluding carboxylic acids is 10. The molecule has 0 bridgehead atoms. The topological polar surface area (TPSA) is 211 Å². The average molecular weight is 1290 g/mol. The number of anilines is 1. The Morgan fingerprint density at radius 3 is 1.14 bits per heavy atom. The van der Waals surface area contributed by atoms with Gasteiger partial charge in [0.25, 0.3) is 47.3 Å². The molecule has 8 aromatic carbocycles. The second-order valence-electron chi connectivity index (χ2n) is 25.8. The molecule has 8 amide bonds. The fourth-order valence-electron chi connectivity index (χ4n) is 12.3. The molecule has 0 atom stereocenters. The number of nitrogens with zero attached hydrogens (tertiary/aromatic N) is 4. The van der Waals surface area contributed by atoms with Crippen molar-refractivity contribution in [2.24, 2.45) is 0 Å². The predicted octanol–water partition coefficient (Wildman–Crippen LogP) is 14.5. The van der Waals surface area contributed by atoms with E-state index in [0.29, 0.717) is 30.2 Å². The van der Waals surface area contributed by atoms with Gasteiger partial charge in [0.2, 0.25) is 0 Å². The maximum Gasteiger partial charge on any atom is 0.266 e. The van der Waals surface area contributed by atoms with Crippen molar-refractivity contribution in [2.75, 3.05) is 25.5 Å². The molecule has 0 aliphatic carbocycles. The summed E-state index contributed by atoms with van der Waals surface area (Å²) in [5.74, 6) is -1.76. The molecule has 0 spiro atoms. The smallest absolute Gasteiger partial charge is 0.266 e. The molecule has 0 saturated heterocycles. The number of carbonyl (C=O) groups is 10. The fourth-order valence-corrected chi connectivity index (χ4v) is 21.3. The molecule has 4 heterocycles. The van der Waals surface area contributed by atoms with Gasteiger partial charge in [-0.1, -0.05) is 99.8 Å². The van der Waals surface area contributed by atoms with Gasteiger partial charge in [-0.25, -0.2) is 4.90 Å². The first-order valence-corrected chi connectivity index (χ1v) is 37.4. The van der Waals surface area contributed by atoms with E-state index in [9.17, 15) is 47.9 Å². The van der Waals surface area contributed by atoms with Gasteiger partial charge in [0.05, 0.1) is 50.2 Å².